The summed E-state index contributed by atoms with van der Waals surface area (Å²) in [6.45, 7) is 9.18. The minimum Gasteiger partial charge on any atom is -0.481 e. The fraction of sp³-hybridized carbons (Fsp3) is 0.450. The van der Waals surface area contributed by atoms with Crippen molar-refractivity contribution >= 4 is 86.7 Å². The molecule has 23 heteroatoms. The number of nitrogens with one attached hydrogen (secondary N) is 4. The average molecular weight is 1140 g/mol. The van der Waals surface area contributed by atoms with Gasteiger partial charge in [-0.25, -0.2) is 9.59 Å². The van der Waals surface area contributed by atoms with Crippen LogP contribution >= 0.6 is 0 Å². The number of aliphatic hydroxyl groups is 1. The Hall–Kier alpha value is -8.57. The maximum Gasteiger partial charge on any atom is 0.410 e. The number of unbranched alkanes of at least 4 members (excludes halogenated alkanes) is 2. The number of anilines is 1. The lowest BCUT2D eigenvalue weighted by Gasteiger charge is -2.41. The predicted octanol–water partition coefficient (Wildman–Crippen LogP) is 4.04. The summed E-state index contributed by atoms with van der Waals surface area (Å²) >= 11 is 0. The molecule has 0 saturated carbocycles. The highest BCUT2D eigenvalue weighted by atomic mass is 16.6. The van der Waals surface area contributed by atoms with Crippen molar-refractivity contribution in [1.82, 2.24) is 40.5 Å². The Morgan fingerprint density at radius 1 is 0.831 bits per heavy atom. The Kier molecular flexibility index (Phi) is 18.0. The third-order valence-electron chi connectivity index (χ3n) is 16.2. The summed E-state index contributed by atoms with van der Waals surface area (Å²) in [7, 11) is 0. The standard InChI is InChI=1S/C60H69N9O14/c1-5-60(81)43-29-46-53-41(31-69(46)57(78)42(43)33-82-58(60)79)40(51-39-12-9-8-11-37(39)16-19-44(51)64-53)30-66-25-27-67(28-26-66)59(80)83-32-36-14-17-38(18-15-36)62-54(75)35(4)61-56(77)52(34(2)3)65-55(76)45(20-23-50(73)74)63-47(70)13-7-6-10-24-68-48(71)21-22-49(68)72/h8-9,11-12,14-19,21-22,34-35,45-46,52,81H,5-7,10,13,20,23-33H2,1-4H3,(H,61,77)(H,62,75)(H,63,70)(H,65,76)(H,73,74)/t35-,45?,46?,52-,60-/m0/s1. The number of imide groups is 1. The highest BCUT2D eigenvalue weighted by Crippen LogP contribution is 2.49. The molecule has 5 aliphatic rings. The zero-order chi connectivity index (χ0) is 59.3. The van der Waals surface area contributed by atoms with Gasteiger partial charge in [0.2, 0.25) is 23.6 Å². The number of benzene rings is 3. The average Bonchev–Trinajstić information content (AvgIpc) is 2.07. The number of carboxylic acids is 1. The third-order valence-corrected chi connectivity index (χ3v) is 16.2. The Balaban J connectivity index is 0.747. The molecule has 2 unspecified atom stereocenters. The van der Waals surface area contributed by atoms with Gasteiger partial charge in [0, 0.05) is 87.4 Å². The molecule has 0 radical (unpaired) electrons. The minimum atomic E-state index is -1.88. The molecule has 6 heterocycles. The lowest BCUT2D eigenvalue weighted by molar-refractivity contribution is -0.165. The number of cyclic esters (lactones) is 1. The van der Waals surface area contributed by atoms with Crippen LogP contribution in [0.2, 0.25) is 0 Å². The number of amides is 8. The molecule has 23 nitrogen and oxygen atoms in total. The highest BCUT2D eigenvalue weighted by Gasteiger charge is 2.53. The van der Waals surface area contributed by atoms with Crippen molar-refractivity contribution in [3.8, 4) is 0 Å². The minimum absolute atomic E-state index is 0.00652. The molecule has 83 heavy (non-hydrogen) atoms. The highest BCUT2D eigenvalue weighted by molar-refractivity contribution is 6.13. The topological polar surface area (TPSA) is 304 Å². The van der Waals surface area contributed by atoms with E-state index in [0.29, 0.717) is 80.9 Å². The van der Waals surface area contributed by atoms with Crippen molar-refractivity contribution in [3.05, 3.63) is 106 Å². The molecule has 5 atom stereocenters. The number of fused-ring (bicyclic) bond motifs is 6. The molecule has 1 saturated heterocycles. The van der Waals surface area contributed by atoms with E-state index in [1.807, 2.05) is 24.3 Å². The number of aliphatic carboxylic acids is 1. The summed E-state index contributed by atoms with van der Waals surface area (Å²) < 4.78 is 11.1. The summed E-state index contributed by atoms with van der Waals surface area (Å²) in [6.07, 6.45) is 2.89. The van der Waals surface area contributed by atoms with Crippen LogP contribution < -0.4 is 21.3 Å². The molecule has 3 aromatic carbocycles. The van der Waals surface area contributed by atoms with E-state index < -0.39 is 95.6 Å². The zero-order valence-electron chi connectivity index (χ0n) is 46.9. The number of hydrogen-bond donors (Lipinski definition) is 6. The summed E-state index contributed by atoms with van der Waals surface area (Å²) in [5.74, 6) is -6.03. The van der Waals surface area contributed by atoms with Gasteiger partial charge in [-0.2, -0.15) is 0 Å². The van der Waals surface area contributed by atoms with Gasteiger partial charge in [0.25, 0.3) is 17.7 Å². The maximum atomic E-state index is 14.2. The second kappa shape index (κ2) is 25.3. The molecule has 5 aliphatic heterocycles. The Morgan fingerprint density at radius 3 is 2.25 bits per heavy atom. The van der Waals surface area contributed by atoms with E-state index in [1.54, 1.807) is 54.8 Å². The van der Waals surface area contributed by atoms with Crippen molar-refractivity contribution in [1.29, 1.82) is 0 Å². The molecule has 0 spiro atoms. The Labute approximate surface area is 478 Å². The van der Waals surface area contributed by atoms with Crippen molar-refractivity contribution in [2.75, 3.05) is 44.6 Å². The van der Waals surface area contributed by atoms with Crippen molar-refractivity contribution < 1.29 is 67.6 Å². The smallest absolute Gasteiger partial charge is 0.410 e. The van der Waals surface area contributed by atoms with Crippen LogP contribution in [0.15, 0.2) is 84.0 Å². The molecule has 0 aliphatic carbocycles. The number of hydrogen-bond acceptors (Lipinski definition) is 15. The maximum absolute atomic E-state index is 14.2. The van der Waals surface area contributed by atoms with E-state index in [2.05, 4.69) is 38.3 Å². The first-order valence-corrected chi connectivity index (χ1v) is 28.2. The fourth-order valence-corrected chi connectivity index (χ4v) is 11.4. The van der Waals surface area contributed by atoms with E-state index >= 15 is 0 Å². The Bertz CT molecular complexity index is 3320. The van der Waals surface area contributed by atoms with E-state index in [1.165, 1.54) is 19.1 Å². The van der Waals surface area contributed by atoms with Gasteiger partial charge in [-0.1, -0.05) is 69.7 Å². The van der Waals surface area contributed by atoms with E-state index in [9.17, 15) is 58.2 Å². The third kappa shape index (κ3) is 12.9. The first kappa shape index (κ1) is 59.1. The molecular weight excluding hydrogens is 1070 g/mol. The van der Waals surface area contributed by atoms with Crippen LogP contribution in [0.25, 0.3) is 21.7 Å². The van der Waals surface area contributed by atoms with Crippen LogP contribution in [0, 0.1) is 5.92 Å². The van der Waals surface area contributed by atoms with Gasteiger partial charge in [0.15, 0.2) is 5.60 Å². The Morgan fingerprint density at radius 2 is 1.55 bits per heavy atom. The number of ether oxygens (including phenoxy) is 2. The largest absolute Gasteiger partial charge is 0.481 e. The van der Waals surface area contributed by atoms with Crippen LogP contribution in [-0.2, 0) is 72.3 Å². The number of esters is 1. The summed E-state index contributed by atoms with van der Waals surface area (Å²) in [5, 5.41) is 34.5. The number of nitrogens with zero attached hydrogens (tertiary/aromatic N) is 5. The van der Waals surface area contributed by atoms with E-state index in [-0.39, 0.29) is 51.3 Å². The van der Waals surface area contributed by atoms with Crippen LogP contribution in [-0.4, -0.2) is 157 Å². The number of aromatic nitrogens is 1. The molecule has 4 aromatic rings. The second-order valence-electron chi connectivity index (χ2n) is 22.0. The van der Waals surface area contributed by atoms with Crippen molar-refractivity contribution in [2.24, 2.45) is 5.92 Å². The van der Waals surface area contributed by atoms with Crippen molar-refractivity contribution in [3.63, 3.8) is 0 Å². The van der Waals surface area contributed by atoms with Gasteiger partial charge < -0.3 is 50.8 Å². The molecule has 1 aromatic heterocycles. The molecule has 438 valence electrons. The van der Waals surface area contributed by atoms with Crippen LogP contribution in [0.1, 0.15) is 107 Å². The number of carbonyl (C=O) groups is 10. The van der Waals surface area contributed by atoms with Gasteiger partial charge in [0.1, 0.15) is 31.3 Å². The monoisotopic (exact) mass is 1140 g/mol. The SMILES string of the molecule is CC[C@@]1(O)C(=O)OCC2=C1CC1c3nc4ccc5ccccc5c4c(CN4CCN(C(=O)OCc5ccc(NC(=O)[C@H](C)NC(=O)[C@@H](NC(=O)C(CCC(=O)O)NC(=O)CCCCCN6C(=O)C=CC6=O)C(C)C)cc5)CC4)c3CN1C2=O. The van der Waals surface area contributed by atoms with Gasteiger partial charge in [-0.15, -0.1) is 0 Å². The normalized spacial score (nSPS) is 19.7. The zero-order valence-corrected chi connectivity index (χ0v) is 46.9. The van der Waals surface area contributed by atoms with Crippen molar-refractivity contribution in [2.45, 2.75) is 129 Å². The lowest BCUT2D eigenvalue weighted by Crippen LogP contribution is -2.57. The molecule has 6 N–H and O–H groups in total. The fourth-order valence-electron chi connectivity index (χ4n) is 11.4. The molecular formula is C60H69N9O14. The number of piperazine rings is 1. The van der Waals surface area contributed by atoms with Crippen LogP contribution in [0.5, 0.6) is 0 Å². The molecule has 1 fully saturated rings. The lowest BCUT2D eigenvalue weighted by atomic mass is 9.79. The first-order valence-electron chi connectivity index (χ1n) is 28.2. The van der Waals surface area contributed by atoms with Gasteiger partial charge >= 0.3 is 18.0 Å². The number of carbonyl (C=O) groups excluding carboxylic acids is 9. The van der Waals surface area contributed by atoms with Gasteiger partial charge in [-0.3, -0.25) is 53.1 Å². The van der Waals surface area contributed by atoms with E-state index in [4.69, 9.17) is 14.5 Å². The summed E-state index contributed by atoms with van der Waals surface area (Å²) in [5.41, 5.74) is 3.41. The molecule has 9 rings (SSSR count). The molecule has 8 amide bonds. The first-order chi connectivity index (χ1) is 39.7. The number of rotatable bonds is 22. The van der Waals surface area contributed by atoms with Crippen LogP contribution in [0.3, 0.4) is 0 Å². The van der Waals surface area contributed by atoms with Gasteiger partial charge in [0.05, 0.1) is 22.8 Å². The van der Waals surface area contributed by atoms with Crippen LogP contribution in [0.4, 0.5) is 10.5 Å². The summed E-state index contributed by atoms with van der Waals surface area (Å²) in [6, 6.07) is 14.8. The predicted molar refractivity (Wildman–Crippen MR) is 300 cm³/mol. The number of pyridine rings is 1. The quantitative estimate of drug-likeness (QED) is 0.0280. The molecule has 0 bridgehead atoms. The van der Waals surface area contributed by atoms with Gasteiger partial charge in [-0.05, 0) is 90.6 Å². The van der Waals surface area contributed by atoms with E-state index in [0.717, 1.165) is 43.4 Å². The number of carboxylic acid groups (broad SMARTS) is 1. The summed E-state index contributed by atoms with van der Waals surface area (Å²) in [4.78, 5) is 141. The second-order valence-corrected chi connectivity index (χ2v) is 22.0.